The fraction of sp³-hybridized carbons (Fsp3) is 0.381. The Balaban J connectivity index is 2.21. The highest BCUT2D eigenvalue weighted by atomic mass is 15.1. The van der Waals surface area contributed by atoms with E-state index in [0.29, 0.717) is 0 Å². The topological polar surface area (TPSA) is 43.1 Å². The van der Waals surface area contributed by atoms with Gasteiger partial charge in [-0.05, 0) is 18.2 Å². The molecule has 4 heteroatoms. The van der Waals surface area contributed by atoms with Crippen molar-refractivity contribution in [3.63, 3.8) is 0 Å². The van der Waals surface area contributed by atoms with Crippen LogP contribution in [-0.4, -0.2) is 19.4 Å². The van der Waals surface area contributed by atoms with Gasteiger partial charge in [0, 0.05) is 22.7 Å². The van der Waals surface area contributed by atoms with Crippen LogP contribution in [0, 0.1) is 0 Å². The van der Waals surface area contributed by atoms with Gasteiger partial charge in [-0.3, -0.25) is 9.38 Å². The minimum Gasteiger partial charge on any atom is -0.279 e. The van der Waals surface area contributed by atoms with Crippen molar-refractivity contribution in [1.29, 1.82) is 0 Å². The van der Waals surface area contributed by atoms with Gasteiger partial charge in [-0.2, -0.15) is 0 Å². The Morgan fingerprint density at radius 3 is 2.24 bits per heavy atom. The molecule has 0 unspecified atom stereocenters. The van der Waals surface area contributed by atoms with Crippen molar-refractivity contribution in [2.24, 2.45) is 0 Å². The lowest BCUT2D eigenvalue weighted by Crippen LogP contribution is -2.19. The lowest BCUT2D eigenvalue weighted by Gasteiger charge is -2.22. The number of imidazole rings is 1. The number of para-hydroxylation sites is 2. The molecule has 1 aromatic carbocycles. The average molecular weight is 332 g/mol. The second kappa shape index (κ2) is 5.01. The molecule has 4 nitrogen and oxygen atoms in total. The third-order valence-corrected chi connectivity index (χ3v) is 4.56. The quantitative estimate of drug-likeness (QED) is 0.454. The lowest BCUT2D eigenvalue weighted by atomic mass is 9.91. The first-order valence-corrected chi connectivity index (χ1v) is 8.74. The van der Waals surface area contributed by atoms with E-state index in [-0.39, 0.29) is 10.8 Å². The molecular weight excluding hydrogens is 308 g/mol. The molecule has 4 aromatic rings. The molecule has 0 spiro atoms. The maximum Gasteiger partial charge on any atom is 0.150 e. The average Bonchev–Trinajstić information content (AvgIpc) is 2.91. The Labute approximate surface area is 147 Å². The minimum absolute atomic E-state index is 0.00989. The van der Waals surface area contributed by atoms with Crippen molar-refractivity contribution in [1.82, 2.24) is 19.4 Å². The zero-order valence-corrected chi connectivity index (χ0v) is 15.8. The maximum absolute atomic E-state index is 5.05. The van der Waals surface area contributed by atoms with Crippen LogP contribution in [0.1, 0.15) is 53.1 Å². The Bertz CT molecular complexity index is 1110. The van der Waals surface area contributed by atoms with Crippen molar-refractivity contribution in [3.05, 3.63) is 48.0 Å². The Morgan fingerprint density at radius 1 is 0.840 bits per heavy atom. The van der Waals surface area contributed by atoms with E-state index in [0.717, 1.165) is 39.1 Å². The summed E-state index contributed by atoms with van der Waals surface area (Å²) in [6, 6.07) is 10.3. The molecule has 0 fully saturated rings. The van der Waals surface area contributed by atoms with Crippen molar-refractivity contribution in [3.8, 4) is 0 Å². The maximum atomic E-state index is 5.05. The summed E-state index contributed by atoms with van der Waals surface area (Å²) in [6.07, 6.45) is 1.93. The summed E-state index contributed by atoms with van der Waals surface area (Å²) in [6.45, 7) is 13.1. The first-order chi connectivity index (χ1) is 11.7. The van der Waals surface area contributed by atoms with Crippen LogP contribution in [0.3, 0.4) is 0 Å². The summed E-state index contributed by atoms with van der Waals surface area (Å²) in [5.41, 5.74) is 4.92. The highest BCUT2D eigenvalue weighted by Crippen LogP contribution is 2.31. The van der Waals surface area contributed by atoms with E-state index >= 15 is 0 Å². The normalized spacial score (nSPS) is 13.2. The highest BCUT2D eigenvalue weighted by molar-refractivity contribution is 5.96. The molecule has 0 N–H and O–H groups in total. The Hall–Kier alpha value is -2.49. The zero-order chi connectivity index (χ0) is 18.0. The van der Waals surface area contributed by atoms with Crippen LogP contribution >= 0.6 is 0 Å². The van der Waals surface area contributed by atoms with E-state index in [9.17, 15) is 0 Å². The number of rotatable bonds is 0. The van der Waals surface area contributed by atoms with Gasteiger partial charge in [-0.1, -0.05) is 53.7 Å². The standard InChI is InChI=1S/C21H24N4/c1-20(2,3)17-11-15-13(12-22-17)18-23-14-9-7-8-10-16(14)25(18)19(24-15)21(4,5)6/h7-12H,1-6H3. The Kier molecular flexibility index (Phi) is 3.21. The summed E-state index contributed by atoms with van der Waals surface area (Å²) in [5, 5.41) is 0.997. The SMILES string of the molecule is CC(C)(C)c1cc2nc(C(C)(C)C)n3c4ccccc4nc3c2cn1. The molecule has 3 heterocycles. The van der Waals surface area contributed by atoms with E-state index in [1.807, 2.05) is 18.3 Å². The van der Waals surface area contributed by atoms with Gasteiger partial charge in [0.2, 0.25) is 0 Å². The van der Waals surface area contributed by atoms with Crippen LogP contribution in [0.15, 0.2) is 36.5 Å². The summed E-state index contributed by atoms with van der Waals surface area (Å²) < 4.78 is 2.19. The molecule has 0 aliphatic rings. The molecule has 0 radical (unpaired) electrons. The van der Waals surface area contributed by atoms with Crippen LogP contribution < -0.4 is 0 Å². The smallest absolute Gasteiger partial charge is 0.150 e. The first kappa shape index (κ1) is 16.0. The molecule has 0 saturated carbocycles. The molecular formula is C21H24N4. The van der Waals surface area contributed by atoms with Crippen molar-refractivity contribution in [2.45, 2.75) is 52.4 Å². The summed E-state index contributed by atoms with van der Waals surface area (Å²) in [4.78, 5) is 14.6. The van der Waals surface area contributed by atoms with Crippen LogP contribution in [0.25, 0.3) is 27.6 Å². The van der Waals surface area contributed by atoms with E-state index in [1.54, 1.807) is 0 Å². The molecule has 0 bridgehead atoms. The Morgan fingerprint density at radius 2 is 1.56 bits per heavy atom. The molecule has 0 aliphatic heterocycles. The number of aromatic nitrogens is 4. The summed E-state index contributed by atoms with van der Waals surface area (Å²) in [5.74, 6) is 1.02. The van der Waals surface area contributed by atoms with Gasteiger partial charge >= 0.3 is 0 Å². The summed E-state index contributed by atoms with van der Waals surface area (Å²) >= 11 is 0. The van der Waals surface area contributed by atoms with Crippen molar-refractivity contribution < 1.29 is 0 Å². The van der Waals surface area contributed by atoms with Gasteiger partial charge < -0.3 is 0 Å². The van der Waals surface area contributed by atoms with E-state index in [4.69, 9.17) is 15.0 Å². The monoisotopic (exact) mass is 332 g/mol. The molecule has 0 amide bonds. The fourth-order valence-corrected chi connectivity index (χ4v) is 3.21. The minimum atomic E-state index is -0.0962. The number of fused-ring (bicyclic) bond motifs is 5. The molecule has 0 saturated heterocycles. The second-order valence-corrected chi connectivity index (χ2v) is 8.78. The van der Waals surface area contributed by atoms with Crippen LogP contribution in [0.4, 0.5) is 0 Å². The third kappa shape index (κ3) is 2.48. The molecule has 25 heavy (non-hydrogen) atoms. The third-order valence-electron chi connectivity index (χ3n) is 4.56. The van der Waals surface area contributed by atoms with E-state index in [2.05, 4.69) is 64.1 Å². The lowest BCUT2D eigenvalue weighted by molar-refractivity contribution is 0.541. The van der Waals surface area contributed by atoms with E-state index < -0.39 is 0 Å². The number of benzene rings is 1. The second-order valence-electron chi connectivity index (χ2n) is 8.78. The van der Waals surface area contributed by atoms with E-state index in [1.165, 1.54) is 0 Å². The van der Waals surface area contributed by atoms with Crippen molar-refractivity contribution >= 4 is 27.6 Å². The van der Waals surface area contributed by atoms with Crippen LogP contribution in [0.2, 0.25) is 0 Å². The van der Waals surface area contributed by atoms with Crippen molar-refractivity contribution in [2.75, 3.05) is 0 Å². The molecule has 0 atom stereocenters. The fourth-order valence-electron chi connectivity index (χ4n) is 3.21. The van der Waals surface area contributed by atoms with Gasteiger partial charge in [0.25, 0.3) is 0 Å². The van der Waals surface area contributed by atoms with Gasteiger partial charge in [-0.15, -0.1) is 0 Å². The van der Waals surface area contributed by atoms with Gasteiger partial charge in [0.15, 0.2) is 0 Å². The number of pyridine rings is 1. The molecule has 0 aliphatic carbocycles. The van der Waals surface area contributed by atoms with Crippen LogP contribution in [0.5, 0.6) is 0 Å². The number of hydrogen-bond donors (Lipinski definition) is 0. The van der Waals surface area contributed by atoms with Crippen LogP contribution in [-0.2, 0) is 10.8 Å². The number of hydrogen-bond acceptors (Lipinski definition) is 3. The highest BCUT2D eigenvalue weighted by Gasteiger charge is 2.24. The zero-order valence-electron chi connectivity index (χ0n) is 15.8. The predicted molar refractivity (Wildman–Crippen MR) is 103 cm³/mol. The van der Waals surface area contributed by atoms with Gasteiger partial charge in [0.1, 0.15) is 11.5 Å². The molecule has 3 aromatic heterocycles. The first-order valence-electron chi connectivity index (χ1n) is 8.74. The van der Waals surface area contributed by atoms with Gasteiger partial charge in [-0.25, -0.2) is 9.97 Å². The molecule has 4 rings (SSSR count). The number of nitrogens with zero attached hydrogens (tertiary/aromatic N) is 4. The predicted octanol–water partition coefficient (Wildman–Crippen LogP) is 5.03. The van der Waals surface area contributed by atoms with Gasteiger partial charge in [0.05, 0.1) is 21.9 Å². The largest absolute Gasteiger partial charge is 0.279 e. The molecule has 128 valence electrons. The summed E-state index contributed by atoms with van der Waals surface area (Å²) in [7, 11) is 0.